The highest BCUT2D eigenvalue weighted by atomic mass is 16.6. The third-order valence-electron chi connectivity index (χ3n) is 1.44. The van der Waals surface area contributed by atoms with E-state index in [-0.39, 0.29) is 0 Å². The third kappa shape index (κ3) is 0.853. The first kappa shape index (κ1) is 5.70. The van der Waals surface area contributed by atoms with Gasteiger partial charge in [0.15, 0.2) is 0 Å². The maximum absolute atomic E-state index is 5.18. The minimum absolute atomic E-state index is 0.664. The van der Waals surface area contributed by atoms with E-state index < -0.39 is 0 Å². The van der Waals surface area contributed by atoms with Crippen LogP contribution in [0.25, 0.3) is 0 Å². The van der Waals surface area contributed by atoms with Crippen LogP contribution < -0.4 is 0 Å². The van der Waals surface area contributed by atoms with Crippen molar-refractivity contribution in [2.24, 2.45) is 10.1 Å². The molecule has 0 radical (unpaired) electrons. The van der Waals surface area contributed by atoms with Crippen LogP contribution in [0.4, 0.5) is 0 Å². The zero-order valence-electron chi connectivity index (χ0n) is 5.54. The minimum Gasteiger partial charge on any atom is -0.475 e. The first-order chi connectivity index (χ1) is 4.97. The number of hydrogen-bond donors (Lipinski definition) is 0. The van der Waals surface area contributed by atoms with E-state index in [2.05, 4.69) is 10.1 Å². The monoisotopic (exact) mass is 140 g/mol. The van der Waals surface area contributed by atoms with Gasteiger partial charge in [-0.2, -0.15) is 0 Å². The van der Waals surface area contributed by atoms with Gasteiger partial charge in [0.05, 0.1) is 6.54 Å². The minimum atomic E-state index is 0.664. The molecule has 0 saturated carbocycles. The lowest BCUT2D eigenvalue weighted by Crippen LogP contribution is -2.11. The number of rotatable bonds is 1. The van der Waals surface area contributed by atoms with Gasteiger partial charge >= 0.3 is 0 Å². The molecule has 0 aliphatic carbocycles. The van der Waals surface area contributed by atoms with E-state index in [1.54, 1.807) is 0 Å². The van der Waals surface area contributed by atoms with Crippen LogP contribution >= 0.6 is 0 Å². The molecule has 0 fully saturated rings. The van der Waals surface area contributed by atoms with Crippen LogP contribution in [0.1, 0.15) is 6.42 Å². The van der Waals surface area contributed by atoms with Gasteiger partial charge in [-0.1, -0.05) is 5.16 Å². The van der Waals surface area contributed by atoms with Crippen molar-refractivity contribution in [3.63, 3.8) is 0 Å². The lowest BCUT2D eigenvalue weighted by Gasteiger charge is -1.95. The number of aliphatic imine (C=N–C) groups is 1. The Bertz CT molecular complexity index is 176. The molecule has 0 aromatic rings. The zero-order chi connectivity index (χ0) is 6.81. The van der Waals surface area contributed by atoms with E-state index in [0.29, 0.717) is 19.1 Å². The van der Waals surface area contributed by atoms with Crippen molar-refractivity contribution >= 4 is 11.6 Å². The van der Waals surface area contributed by atoms with Gasteiger partial charge in [-0.15, -0.1) is 0 Å². The topological polar surface area (TPSA) is 43.2 Å². The Morgan fingerprint density at radius 3 is 2.90 bits per heavy atom. The van der Waals surface area contributed by atoms with Crippen molar-refractivity contribution in [1.82, 2.24) is 0 Å². The summed E-state index contributed by atoms with van der Waals surface area (Å²) in [7, 11) is 0. The van der Waals surface area contributed by atoms with Crippen molar-refractivity contribution in [3.05, 3.63) is 0 Å². The Hall–Kier alpha value is -1.06. The Kier molecular flexibility index (Phi) is 1.30. The Labute approximate surface area is 58.5 Å². The molecule has 2 heterocycles. The van der Waals surface area contributed by atoms with Crippen LogP contribution in [0.3, 0.4) is 0 Å². The number of nitrogens with zero attached hydrogens (tertiary/aromatic N) is 2. The predicted molar refractivity (Wildman–Crippen MR) is 36.3 cm³/mol. The van der Waals surface area contributed by atoms with Gasteiger partial charge in [-0.25, -0.2) is 4.99 Å². The molecule has 0 unspecified atom stereocenters. The number of oxime groups is 1. The summed E-state index contributed by atoms with van der Waals surface area (Å²) in [5.74, 6) is 0.678. The standard InChI is InChI=1S/C6H8N2O2/c1-3-10-8-5(1)6-7-2-4-9-6/h1-4H2. The summed E-state index contributed by atoms with van der Waals surface area (Å²) in [5.41, 5.74) is 0.859. The second kappa shape index (κ2) is 2.28. The lowest BCUT2D eigenvalue weighted by atomic mass is 10.3. The Balaban J connectivity index is 2.10. The predicted octanol–water partition coefficient (Wildman–Crippen LogP) is 0.191. The van der Waals surface area contributed by atoms with Gasteiger partial charge in [-0.05, 0) is 0 Å². The molecule has 0 saturated heterocycles. The summed E-state index contributed by atoms with van der Waals surface area (Å²) in [6, 6.07) is 0. The normalized spacial score (nSPS) is 23.2. The summed E-state index contributed by atoms with van der Waals surface area (Å²) in [6.45, 7) is 2.11. The fourth-order valence-corrected chi connectivity index (χ4v) is 0.967. The van der Waals surface area contributed by atoms with E-state index in [1.165, 1.54) is 0 Å². The summed E-state index contributed by atoms with van der Waals surface area (Å²) >= 11 is 0. The average Bonchev–Trinajstić information content (AvgIpc) is 2.59. The second-order valence-corrected chi connectivity index (χ2v) is 2.16. The molecule has 10 heavy (non-hydrogen) atoms. The Morgan fingerprint density at radius 2 is 2.30 bits per heavy atom. The van der Waals surface area contributed by atoms with Crippen LogP contribution in [-0.4, -0.2) is 31.4 Å². The van der Waals surface area contributed by atoms with Gasteiger partial charge in [0.2, 0.25) is 5.90 Å². The summed E-state index contributed by atoms with van der Waals surface area (Å²) in [5, 5.41) is 3.78. The van der Waals surface area contributed by atoms with Crippen LogP contribution in [0.15, 0.2) is 10.1 Å². The van der Waals surface area contributed by atoms with Gasteiger partial charge in [0.1, 0.15) is 18.9 Å². The summed E-state index contributed by atoms with van der Waals surface area (Å²) in [4.78, 5) is 8.90. The highest BCUT2D eigenvalue weighted by molar-refractivity contribution is 6.39. The molecular weight excluding hydrogens is 132 g/mol. The van der Waals surface area contributed by atoms with E-state index in [1.807, 2.05) is 0 Å². The van der Waals surface area contributed by atoms with Crippen molar-refractivity contribution in [3.8, 4) is 0 Å². The fourth-order valence-electron chi connectivity index (χ4n) is 0.967. The largest absolute Gasteiger partial charge is 0.475 e. The molecule has 2 rings (SSSR count). The van der Waals surface area contributed by atoms with E-state index in [9.17, 15) is 0 Å². The van der Waals surface area contributed by atoms with E-state index in [0.717, 1.165) is 18.7 Å². The molecule has 0 aromatic heterocycles. The van der Waals surface area contributed by atoms with Crippen LogP contribution in [0.5, 0.6) is 0 Å². The van der Waals surface area contributed by atoms with Gasteiger partial charge in [0.25, 0.3) is 0 Å². The molecule has 0 bridgehead atoms. The molecule has 0 aromatic carbocycles. The number of ether oxygens (including phenoxy) is 1. The molecular formula is C6H8N2O2. The summed E-state index contributed by atoms with van der Waals surface area (Å²) in [6.07, 6.45) is 0.832. The Morgan fingerprint density at radius 1 is 1.30 bits per heavy atom. The molecule has 0 spiro atoms. The van der Waals surface area contributed by atoms with Crippen LogP contribution in [-0.2, 0) is 9.57 Å². The SMILES string of the molecule is C1COC(C2=NOCC2)=N1. The number of hydrogen-bond acceptors (Lipinski definition) is 4. The van der Waals surface area contributed by atoms with Crippen molar-refractivity contribution in [2.75, 3.05) is 19.8 Å². The van der Waals surface area contributed by atoms with Crippen molar-refractivity contribution in [1.29, 1.82) is 0 Å². The quantitative estimate of drug-likeness (QED) is 0.521. The maximum atomic E-state index is 5.18. The van der Waals surface area contributed by atoms with Gasteiger partial charge < -0.3 is 9.57 Å². The highest BCUT2D eigenvalue weighted by Gasteiger charge is 2.18. The van der Waals surface area contributed by atoms with Gasteiger partial charge in [0, 0.05) is 6.42 Å². The molecule has 54 valence electrons. The first-order valence-electron chi connectivity index (χ1n) is 3.33. The maximum Gasteiger partial charge on any atom is 0.234 e. The molecule has 4 heteroatoms. The summed E-state index contributed by atoms with van der Waals surface area (Å²) < 4.78 is 5.18. The molecule has 2 aliphatic heterocycles. The first-order valence-corrected chi connectivity index (χ1v) is 3.33. The van der Waals surface area contributed by atoms with Crippen LogP contribution in [0, 0.1) is 0 Å². The second-order valence-electron chi connectivity index (χ2n) is 2.16. The van der Waals surface area contributed by atoms with E-state index >= 15 is 0 Å². The van der Waals surface area contributed by atoms with Crippen LogP contribution in [0.2, 0.25) is 0 Å². The molecule has 0 amide bonds. The smallest absolute Gasteiger partial charge is 0.234 e. The van der Waals surface area contributed by atoms with Crippen molar-refractivity contribution in [2.45, 2.75) is 6.42 Å². The zero-order valence-corrected chi connectivity index (χ0v) is 5.54. The molecule has 2 aliphatic rings. The third-order valence-corrected chi connectivity index (χ3v) is 1.44. The molecule has 0 N–H and O–H groups in total. The van der Waals surface area contributed by atoms with Crippen molar-refractivity contribution < 1.29 is 9.57 Å². The average molecular weight is 140 g/mol. The highest BCUT2D eigenvalue weighted by Crippen LogP contribution is 2.05. The van der Waals surface area contributed by atoms with Gasteiger partial charge in [-0.3, -0.25) is 0 Å². The van der Waals surface area contributed by atoms with E-state index in [4.69, 9.17) is 9.57 Å². The lowest BCUT2D eigenvalue weighted by molar-refractivity contribution is 0.174. The fraction of sp³-hybridized carbons (Fsp3) is 0.667. The molecule has 4 nitrogen and oxygen atoms in total. The molecule has 0 atom stereocenters.